The van der Waals surface area contributed by atoms with Crippen molar-refractivity contribution in [2.24, 2.45) is 5.41 Å². The van der Waals surface area contributed by atoms with Crippen molar-refractivity contribution in [3.05, 3.63) is 29.3 Å². The van der Waals surface area contributed by atoms with Crippen LogP contribution in [0, 0.1) is 12.3 Å². The smallest absolute Gasteiger partial charge is 0.251 e. The lowest BCUT2D eigenvalue weighted by Crippen LogP contribution is -2.46. The SMILES string of the molecule is Cc1ccc(S)cc1C(=O)NC(C)(C)CC(C)(C)C. The van der Waals surface area contributed by atoms with E-state index in [0.29, 0.717) is 5.56 Å². The van der Waals surface area contributed by atoms with Gasteiger partial charge in [-0.1, -0.05) is 26.8 Å². The maximum atomic E-state index is 12.4. The number of hydrogen-bond acceptors (Lipinski definition) is 2. The Labute approximate surface area is 122 Å². The van der Waals surface area contributed by atoms with E-state index in [-0.39, 0.29) is 16.9 Å². The van der Waals surface area contributed by atoms with Crippen LogP contribution in [0.15, 0.2) is 23.1 Å². The fraction of sp³-hybridized carbons (Fsp3) is 0.562. The lowest BCUT2D eigenvalue weighted by molar-refractivity contribution is 0.0890. The number of aryl methyl sites for hydroxylation is 1. The van der Waals surface area contributed by atoms with E-state index < -0.39 is 0 Å². The highest BCUT2D eigenvalue weighted by atomic mass is 32.1. The molecule has 0 saturated carbocycles. The Balaban J connectivity index is 2.87. The normalized spacial score (nSPS) is 12.4. The van der Waals surface area contributed by atoms with E-state index in [0.717, 1.165) is 16.9 Å². The van der Waals surface area contributed by atoms with Crippen molar-refractivity contribution in [2.75, 3.05) is 0 Å². The fourth-order valence-corrected chi connectivity index (χ4v) is 2.80. The van der Waals surface area contributed by atoms with Gasteiger partial charge >= 0.3 is 0 Å². The van der Waals surface area contributed by atoms with Gasteiger partial charge in [0.1, 0.15) is 0 Å². The molecule has 1 rings (SSSR count). The minimum atomic E-state index is -0.228. The van der Waals surface area contributed by atoms with Crippen LogP contribution >= 0.6 is 12.6 Å². The van der Waals surface area contributed by atoms with E-state index in [9.17, 15) is 4.79 Å². The molecule has 0 aliphatic carbocycles. The molecule has 19 heavy (non-hydrogen) atoms. The van der Waals surface area contributed by atoms with Crippen LogP contribution in [0.3, 0.4) is 0 Å². The summed E-state index contributed by atoms with van der Waals surface area (Å²) in [6.07, 6.45) is 0.922. The number of amides is 1. The third-order valence-corrected chi connectivity index (χ3v) is 3.17. The summed E-state index contributed by atoms with van der Waals surface area (Å²) >= 11 is 4.30. The van der Waals surface area contributed by atoms with Gasteiger partial charge in [-0.3, -0.25) is 4.79 Å². The summed E-state index contributed by atoms with van der Waals surface area (Å²) in [5.74, 6) is -0.0253. The number of thiol groups is 1. The molecule has 1 aromatic carbocycles. The average molecular weight is 279 g/mol. The minimum absolute atomic E-state index is 0.0253. The molecule has 1 amide bonds. The van der Waals surface area contributed by atoms with Gasteiger partial charge in [-0.2, -0.15) is 0 Å². The third kappa shape index (κ3) is 5.27. The molecule has 0 fully saturated rings. The monoisotopic (exact) mass is 279 g/mol. The zero-order valence-corrected chi connectivity index (χ0v) is 13.7. The van der Waals surface area contributed by atoms with Gasteiger partial charge in [0.05, 0.1) is 0 Å². The maximum Gasteiger partial charge on any atom is 0.251 e. The minimum Gasteiger partial charge on any atom is -0.347 e. The largest absolute Gasteiger partial charge is 0.347 e. The summed E-state index contributed by atoms with van der Waals surface area (Å²) in [6, 6.07) is 5.64. The second-order valence-electron chi connectivity index (χ2n) is 7.07. The van der Waals surface area contributed by atoms with Crippen LogP contribution in [0.1, 0.15) is 57.0 Å². The quantitative estimate of drug-likeness (QED) is 0.797. The van der Waals surface area contributed by atoms with Crippen LogP contribution < -0.4 is 5.32 Å². The molecule has 0 atom stereocenters. The van der Waals surface area contributed by atoms with Gasteiger partial charge in [-0.05, 0) is 50.3 Å². The van der Waals surface area contributed by atoms with E-state index in [1.165, 1.54) is 0 Å². The van der Waals surface area contributed by atoms with Crippen molar-refractivity contribution in [1.29, 1.82) is 0 Å². The first kappa shape index (κ1) is 16.1. The first-order valence-electron chi connectivity index (χ1n) is 6.62. The van der Waals surface area contributed by atoms with E-state index in [2.05, 4.69) is 52.6 Å². The van der Waals surface area contributed by atoms with Crippen molar-refractivity contribution < 1.29 is 4.79 Å². The van der Waals surface area contributed by atoms with Crippen LogP contribution in [-0.2, 0) is 0 Å². The lowest BCUT2D eigenvalue weighted by atomic mass is 9.81. The second kappa shape index (κ2) is 5.58. The van der Waals surface area contributed by atoms with Crippen LogP contribution in [0.4, 0.5) is 0 Å². The predicted octanol–water partition coefficient (Wildman–Crippen LogP) is 4.23. The standard InChI is InChI=1S/C16H25NOS/c1-11-7-8-12(19)9-13(11)14(18)17-16(5,6)10-15(2,3)4/h7-9,19H,10H2,1-6H3,(H,17,18). The molecule has 106 valence electrons. The van der Waals surface area contributed by atoms with Crippen LogP contribution in [0.25, 0.3) is 0 Å². The Morgan fingerprint density at radius 2 is 1.79 bits per heavy atom. The topological polar surface area (TPSA) is 29.1 Å². The predicted molar refractivity (Wildman–Crippen MR) is 84.0 cm³/mol. The lowest BCUT2D eigenvalue weighted by Gasteiger charge is -2.33. The molecule has 0 heterocycles. The van der Waals surface area contributed by atoms with Crippen molar-refractivity contribution >= 4 is 18.5 Å². The summed E-state index contributed by atoms with van der Waals surface area (Å²) in [4.78, 5) is 13.2. The van der Waals surface area contributed by atoms with Gasteiger partial charge < -0.3 is 5.32 Å². The van der Waals surface area contributed by atoms with Gasteiger partial charge in [0.15, 0.2) is 0 Å². The van der Waals surface area contributed by atoms with Gasteiger partial charge in [0, 0.05) is 16.0 Å². The molecule has 0 aliphatic heterocycles. The summed E-state index contributed by atoms with van der Waals surface area (Å²) < 4.78 is 0. The molecule has 1 aromatic rings. The van der Waals surface area contributed by atoms with E-state index in [1.807, 2.05) is 25.1 Å². The zero-order chi connectivity index (χ0) is 14.8. The number of carbonyl (C=O) groups excluding carboxylic acids is 1. The average Bonchev–Trinajstić information content (AvgIpc) is 2.16. The number of benzene rings is 1. The summed E-state index contributed by atoms with van der Waals surface area (Å²) in [7, 11) is 0. The highest BCUT2D eigenvalue weighted by Crippen LogP contribution is 2.27. The van der Waals surface area contributed by atoms with Gasteiger partial charge in [0.2, 0.25) is 0 Å². The number of hydrogen-bond donors (Lipinski definition) is 2. The van der Waals surface area contributed by atoms with Crippen LogP contribution in [0.2, 0.25) is 0 Å². The summed E-state index contributed by atoms with van der Waals surface area (Å²) in [6.45, 7) is 12.6. The van der Waals surface area contributed by atoms with Crippen molar-refractivity contribution in [3.8, 4) is 0 Å². The third-order valence-electron chi connectivity index (χ3n) is 2.89. The van der Waals surface area contributed by atoms with Crippen molar-refractivity contribution in [3.63, 3.8) is 0 Å². The Morgan fingerprint density at radius 1 is 1.21 bits per heavy atom. The molecule has 1 N–H and O–H groups in total. The zero-order valence-electron chi connectivity index (χ0n) is 12.8. The highest BCUT2D eigenvalue weighted by molar-refractivity contribution is 7.80. The van der Waals surface area contributed by atoms with E-state index in [4.69, 9.17) is 0 Å². The molecular weight excluding hydrogens is 254 g/mol. The molecule has 3 heteroatoms. The van der Waals surface area contributed by atoms with Crippen LogP contribution in [-0.4, -0.2) is 11.4 Å². The van der Waals surface area contributed by atoms with Gasteiger partial charge in [0.25, 0.3) is 5.91 Å². The molecule has 0 saturated heterocycles. The van der Waals surface area contributed by atoms with Crippen molar-refractivity contribution in [1.82, 2.24) is 5.32 Å². The molecule has 2 nitrogen and oxygen atoms in total. The fourth-order valence-electron chi connectivity index (χ4n) is 2.60. The first-order chi connectivity index (χ1) is 8.50. The Morgan fingerprint density at radius 3 is 2.32 bits per heavy atom. The molecule has 0 radical (unpaired) electrons. The number of rotatable bonds is 3. The van der Waals surface area contributed by atoms with E-state index >= 15 is 0 Å². The molecule has 0 unspecified atom stereocenters. The summed E-state index contributed by atoms with van der Waals surface area (Å²) in [5.41, 5.74) is 1.63. The molecule has 0 bridgehead atoms. The molecule has 0 spiro atoms. The molecular formula is C16H25NOS. The first-order valence-corrected chi connectivity index (χ1v) is 7.07. The van der Waals surface area contributed by atoms with Gasteiger partial charge in [-0.15, -0.1) is 12.6 Å². The molecule has 0 aliphatic rings. The Bertz CT molecular complexity index is 472. The second-order valence-corrected chi connectivity index (χ2v) is 7.59. The maximum absolute atomic E-state index is 12.4. The highest BCUT2D eigenvalue weighted by Gasteiger charge is 2.27. The van der Waals surface area contributed by atoms with Crippen LogP contribution in [0.5, 0.6) is 0 Å². The van der Waals surface area contributed by atoms with E-state index in [1.54, 1.807) is 0 Å². The number of nitrogens with one attached hydrogen (secondary N) is 1. The Kier molecular flexibility index (Phi) is 4.72. The summed E-state index contributed by atoms with van der Waals surface area (Å²) in [5, 5.41) is 3.12. The van der Waals surface area contributed by atoms with Crippen molar-refractivity contribution in [2.45, 2.75) is 58.4 Å². The number of carbonyl (C=O) groups is 1. The van der Waals surface area contributed by atoms with Gasteiger partial charge in [-0.25, -0.2) is 0 Å². The Hall–Kier alpha value is -0.960. The molecule has 0 aromatic heterocycles.